The molecule has 0 bridgehead atoms. The molecule has 0 amide bonds. The summed E-state index contributed by atoms with van der Waals surface area (Å²) in [6.07, 6.45) is 3.98. The maximum absolute atomic E-state index is 5.60. The summed E-state index contributed by atoms with van der Waals surface area (Å²) < 4.78 is 2.12. The van der Waals surface area contributed by atoms with Gasteiger partial charge in [0.05, 0.1) is 0 Å². The molecule has 1 rings (SSSR count). The first-order valence-corrected chi connectivity index (χ1v) is 5.57. The third kappa shape index (κ3) is 3.63. The number of halogens is 2. The Hall–Kier alpha value is -0.120. The standard InChI is InChI=1S/C10H11Br2N/c1-7(13)2-3-8-4-5-9(11)10(12)6-8/h2-7H,13H2,1H3/b3-2+. The Morgan fingerprint density at radius 1 is 1.31 bits per heavy atom. The minimum Gasteiger partial charge on any atom is -0.325 e. The summed E-state index contributed by atoms with van der Waals surface area (Å²) in [4.78, 5) is 0. The van der Waals surface area contributed by atoms with Crippen molar-refractivity contribution in [1.82, 2.24) is 0 Å². The van der Waals surface area contributed by atoms with Crippen LogP contribution in [0.4, 0.5) is 0 Å². The van der Waals surface area contributed by atoms with E-state index in [1.165, 1.54) is 0 Å². The van der Waals surface area contributed by atoms with Crippen LogP contribution in [0.5, 0.6) is 0 Å². The van der Waals surface area contributed by atoms with Gasteiger partial charge < -0.3 is 5.73 Å². The van der Waals surface area contributed by atoms with Gasteiger partial charge in [0, 0.05) is 15.0 Å². The lowest BCUT2D eigenvalue weighted by molar-refractivity contribution is 0.931. The minimum absolute atomic E-state index is 0.0995. The van der Waals surface area contributed by atoms with Crippen molar-refractivity contribution in [2.75, 3.05) is 0 Å². The van der Waals surface area contributed by atoms with Crippen LogP contribution in [0.2, 0.25) is 0 Å². The fourth-order valence-electron chi connectivity index (χ4n) is 0.879. The topological polar surface area (TPSA) is 26.0 Å². The molecule has 1 atom stereocenters. The number of rotatable bonds is 2. The molecule has 0 heterocycles. The van der Waals surface area contributed by atoms with E-state index in [2.05, 4.69) is 31.9 Å². The van der Waals surface area contributed by atoms with Crippen LogP contribution in [0.3, 0.4) is 0 Å². The molecule has 0 aliphatic carbocycles. The number of nitrogens with two attached hydrogens (primary N) is 1. The van der Waals surface area contributed by atoms with Gasteiger partial charge in [-0.05, 0) is 56.5 Å². The van der Waals surface area contributed by atoms with Crippen molar-refractivity contribution in [2.24, 2.45) is 5.73 Å². The molecule has 0 saturated heterocycles. The molecular weight excluding hydrogens is 294 g/mol. The van der Waals surface area contributed by atoms with Gasteiger partial charge >= 0.3 is 0 Å². The second-order valence-electron chi connectivity index (χ2n) is 2.89. The molecule has 0 fully saturated rings. The Balaban J connectivity index is 2.85. The molecule has 0 radical (unpaired) electrons. The summed E-state index contributed by atoms with van der Waals surface area (Å²) in [5, 5.41) is 0. The lowest BCUT2D eigenvalue weighted by atomic mass is 10.2. The highest BCUT2D eigenvalue weighted by Crippen LogP contribution is 2.24. The Morgan fingerprint density at radius 3 is 2.54 bits per heavy atom. The Labute approximate surface area is 95.3 Å². The third-order valence-electron chi connectivity index (χ3n) is 1.54. The molecule has 1 nitrogen and oxygen atoms in total. The van der Waals surface area contributed by atoms with E-state index in [9.17, 15) is 0 Å². The van der Waals surface area contributed by atoms with Crippen molar-refractivity contribution in [1.29, 1.82) is 0 Å². The van der Waals surface area contributed by atoms with Crippen LogP contribution < -0.4 is 5.73 Å². The number of benzene rings is 1. The molecule has 0 saturated carbocycles. The van der Waals surface area contributed by atoms with Crippen molar-refractivity contribution in [2.45, 2.75) is 13.0 Å². The average molecular weight is 305 g/mol. The lowest BCUT2D eigenvalue weighted by Gasteiger charge is -1.99. The van der Waals surface area contributed by atoms with Crippen molar-refractivity contribution < 1.29 is 0 Å². The average Bonchev–Trinajstić information content (AvgIpc) is 2.07. The third-order valence-corrected chi connectivity index (χ3v) is 3.42. The summed E-state index contributed by atoms with van der Waals surface area (Å²) in [7, 11) is 0. The van der Waals surface area contributed by atoms with E-state index in [0.717, 1.165) is 14.5 Å². The van der Waals surface area contributed by atoms with Gasteiger partial charge in [-0.3, -0.25) is 0 Å². The molecule has 1 aromatic rings. The molecule has 0 spiro atoms. The molecule has 0 aromatic heterocycles. The van der Waals surface area contributed by atoms with Crippen molar-refractivity contribution in [3.05, 3.63) is 38.8 Å². The first-order valence-electron chi connectivity index (χ1n) is 3.98. The number of hydrogen-bond donors (Lipinski definition) is 1. The van der Waals surface area contributed by atoms with Gasteiger partial charge in [0.25, 0.3) is 0 Å². The van der Waals surface area contributed by atoms with E-state index in [4.69, 9.17) is 5.73 Å². The Bertz CT molecular complexity index is 319. The summed E-state index contributed by atoms with van der Waals surface area (Å²) in [6.45, 7) is 1.95. The maximum atomic E-state index is 5.60. The molecule has 2 N–H and O–H groups in total. The van der Waals surface area contributed by atoms with Gasteiger partial charge in [-0.25, -0.2) is 0 Å². The minimum atomic E-state index is 0.0995. The molecule has 1 unspecified atom stereocenters. The van der Waals surface area contributed by atoms with E-state index in [1.807, 2.05) is 37.3 Å². The van der Waals surface area contributed by atoms with Crippen molar-refractivity contribution in [3.63, 3.8) is 0 Å². The summed E-state index contributed by atoms with van der Waals surface area (Å²) in [5.74, 6) is 0. The van der Waals surface area contributed by atoms with Gasteiger partial charge in [-0.2, -0.15) is 0 Å². The molecule has 13 heavy (non-hydrogen) atoms. The monoisotopic (exact) mass is 303 g/mol. The van der Waals surface area contributed by atoms with Gasteiger partial charge in [0.15, 0.2) is 0 Å². The summed E-state index contributed by atoms with van der Waals surface area (Å²) in [5.41, 5.74) is 6.75. The van der Waals surface area contributed by atoms with Crippen LogP contribution in [0.15, 0.2) is 33.2 Å². The second kappa shape index (κ2) is 4.94. The van der Waals surface area contributed by atoms with Crippen LogP contribution >= 0.6 is 31.9 Å². The lowest BCUT2D eigenvalue weighted by Crippen LogP contribution is -2.09. The van der Waals surface area contributed by atoms with Gasteiger partial charge in [0.1, 0.15) is 0 Å². The molecule has 0 aliphatic rings. The fraction of sp³-hybridized carbons (Fsp3) is 0.200. The first kappa shape index (κ1) is 11.0. The van der Waals surface area contributed by atoms with Gasteiger partial charge in [-0.1, -0.05) is 18.2 Å². The molecule has 0 aliphatic heterocycles. The largest absolute Gasteiger partial charge is 0.325 e. The fourth-order valence-corrected chi connectivity index (χ4v) is 1.52. The van der Waals surface area contributed by atoms with Crippen LogP contribution in [0, 0.1) is 0 Å². The van der Waals surface area contributed by atoms with Crippen LogP contribution in [0.1, 0.15) is 12.5 Å². The summed E-state index contributed by atoms with van der Waals surface area (Å²) in [6, 6.07) is 6.18. The zero-order valence-corrected chi connectivity index (χ0v) is 10.5. The zero-order valence-electron chi connectivity index (χ0n) is 7.30. The predicted octanol–water partition coefficient (Wildman–Crippen LogP) is 3.57. The van der Waals surface area contributed by atoms with Crippen LogP contribution in [0.25, 0.3) is 6.08 Å². The first-order chi connectivity index (χ1) is 6.09. The maximum Gasteiger partial charge on any atom is 0.0323 e. The van der Waals surface area contributed by atoms with E-state index in [1.54, 1.807) is 0 Å². The molecular formula is C10H11Br2N. The Morgan fingerprint density at radius 2 is 2.00 bits per heavy atom. The highest BCUT2D eigenvalue weighted by Gasteiger charge is 1.95. The normalized spacial score (nSPS) is 13.5. The van der Waals surface area contributed by atoms with E-state index in [0.29, 0.717) is 0 Å². The van der Waals surface area contributed by atoms with Crippen molar-refractivity contribution in [3.8, 4) is 0 Å². The van der Waals surface area contributed by atoms with Crippen LogP contribution in [-0.2, 0) is 0 Å². The van der Waals surface area contributed by atoms with Crippen LogP contribution in [-0.4, -0.2) is 6.04 Å². The van der Waals surface area contributed by atoms with Crippen molar-refractivity contribution >= 4 is 37.9 Å². The highest BCUT2D eigenvalue weighted by molar-refractivity contribution is 9.13. The Kier molecular flexibility index (Phi) is 4.16. The van der Waals surface area contributed by atoms with Gasteiger partial charge in [0.2, 0.25) is 0 Å². The van der Waals surface area contributed by atoms with E-state index in [-0.39, 0.29) is 6.04 Å². The van der Waals surface area contributed by atoms with E-state index < -0.39 is 0 Å². The molecule has 1 aromatic carbocycles. The van der Waals surface area contributed by atoms with E-state index >= 15 is 0 Å². The highest BCUT2D eigenvalue weighted by atomic mass is 79.9. The number of hydrogen-bond acceptors (Lipinski definition) is 1. The predicted molar refractivity (Wildman–Crippen MR) is 64.5 cm³/mol. The molecule has 70 valence electrons. The zero-order chi connectivity index (χ0) is 9.84. The molecule has 3 heteroatoms. The quantitative estimate of drug-likeness (QED) is 0.888. The van der Waals surface area contributed by atoms with Gasteiger partial charge in [-0.15, -0.1) is 0 Å². The summed E-state index contributed by atoms with van der Waals surface area (Å²) >= 11 is 6.85. The second-order valence-corrected chi connectivity index (χ2v) is 4.60. The SMILES string of the molecule is CC(N)/C=C/c1ccc(Br)c(Br)c1. The smallest absolute Gasteiger partial charge is 0.0323 e.